The molecule has 1 rings (SSSR count). The average Bonchev–Trinajstić information content (AvgIpc) is 2.19. The number of sulfonamides is 1. The topological polar surface area (TPSA) is 95.4 Å². The van der Waals surface area contributed by atoms with E-state index in [0.717, 1.165) is 6.42 Å². The molecule has 108 valence electrons. The summed E-state index contributed by atoms with van der Waals surface area (Å²) in [5.41, 5.74) is 6.64. The average molecular weight is 286 g/mol. The van der Waals surface area contributed by atoms with Crippen molar-refractivity contribution in [1.29, 1.82) is 0 Å². The zero-order valence-electron chi connectivity index (χ0n) is 11.9. The second-order valence-corrected chi connectivity index (χ2v) is 7.38. The van der Waals surface area contributed by atoms with Gasteiger partial charge in [-0.05, 0) is 24.8 Å². The van der Waals surface area contributed by atoms with Gasteiger partial charge in [-0.25, -0.2) is 13.6 Å². The van der Waals surface area contributed by atoms with Gasteiger partial charge in [0.15, 0.2) is 0 Å². The fraction of sp³-hybridized carbons (Fsp3) is 0.538. The highest BCUT2D eigenvalue weighted by atomic mass is 32.2. The monoisotopic (exact) mass is 286 g/mol. The molecule has 0 unspecified atom stereocenters. The van der Waals surface area contributed by atoms with E-state index in [4.69, 9.17) is 15.6 Å². The van der Waals surface area contributed by atoms with Crippen LogP contribution < -0.4 is 15.6 Å². The molecule has 0 heterocycles. The summed E-state index contributed by atoms with van der Waals surface area (Å²) in [6.45, 7) is 8.48. The number of primary sulfonamides is 1. The number of rotatable bonds is 4. The number of hydrogen-bond donors (Lipinski definition) is 2. The molecule has 0 spiro atoms. The zero-order chi connectivity index (χ0) is 14.8. The Morgan fingerprint density at radius 3 is 2.32 bits per heavy atom. The van der Waals surface area contributed by atoms with E-state index in [9.17, 15) is 8.42 Å². The summed E-state index contributed by atoms with van der Waals surface area (Å²) in [6, 6.07) is 2.97. The van der Waals surface area contributed by atoms with Crippen molar-refractivity contribution in [1.82, 2.24) is 0 Å². The summed E-state index contributed by atoms with van der Waals surface area (Å²) in [4.78, 5) is 0.0123. The van der Waals surface area contributed by atoms with E-state index in [2.05, 4.69) is 20.8 Å². The molecule has 0 aromatic heterocycles. The summed E-state index contributed by atoms with van der Waals surface area (Å²) < 4.78 is 28.5. The Balaban J connectivity index is 3.00. The molecule has 0 amide bonds. The van der Waals surface area contributed by atoms with Crippen LogP contribution in [0, 0.1) is 12.3 Å². The SMILES string of the molecule is Cc1c(OCCC(C)(C)C)cc(N)cc1S(N)(=O)=O. The van der Waals surface area contributed by atoms with Gasteiger partial charge in [-0.3, -0.25) is 0 Å². The van der Waals surface area contributed by atoms with Crippen molar-refractivity contribution < 1.29 is 13.2 Å². The summed E-state index contributed by atoms with van der Waals surface area (Å²) in [5, 5.41) is 5.15. The highest BCUT2D eigenvalue weighted by molar-refractivity contribution is 7.89. The van der Waals surface area contributed by atoms with E-state index in [1.165, 1.54) is 6.07 Å². The smallest absolute Gasteiger partial charge is 0.238 e. The van der Waals surface area contributed by atoms with Gasteiger partial charge in [-0.2, -0.15) is 0 Å². The van der Waals surface area contributed by atoms with Crippen molar-refractivity contribution in [3.8, 4) is 5.75 Å². The molecule has 0 saturated heterocycles. The Kier molecular flexibility index (Phi) is 4.47. The van der Waals surface area contributed by atoms with Crippen LogP contribution in [0.2, 0.25) is 0 Å². The fourth-order valence-electron chi connectivity index (χ4n) is 1.59. The predicted octanol–water partition coefficient (Wildman–Crippen LogP) is 2.04. The number of nitrogen functional groups attached to an aromatic ring is 1. The number of benzene rings is 1. The van der Waals surface area contributed by atoms with Crippen LogP contribution in [0.5, 0.6) is 5.75 Å². The lowest BCUT2D eigenvalue weighted by atomic mass is 9.93. The van der Waals surface area contributed by atoms with Gasteiger partial charge in [0.1, 0.15) is 5.75 Å². The van der Waals surface area contributed by atoms with Crippen molar-refractivity contribution >= 4 is 15.7 Å². The van der Waals surface area contributed by atoms with Crippen LogP contribution in [0.4, 0.5) is 5.69 Å². The molecule has 0 aliphatic carbocycles. The molecule has 0 atom stereocenters. The van der Waals surface area contributed by atoms with Crippen molar-refractivity contribution in [3.63, 3.8) is 0 Å². The minimum absolute atomic E-state index is 0.0123. The molecule has 0 bridgehead atoms. The summed E-state index contributed by atoms with van der Waals surface area (Å²) >= 11 is 0. The van der Waals surface area contributed by atoms with E-state index in [1.54, 1.807) is 13.0 Å². The number of ether oxygens (including phenoxy) is 1. The molecular formula is C13H22N2O3S. The highest BCUT2D eigenvalue weighted by Gasteiger charge is 2.17. The lowest BCUT2D eigenvalue weighted by Crippen LogP contribution is -2.16. The normalized spacial score (nSPS) is 12.5. The largest absolute Gasteiger partial charge is 0.493 e. The summed E-state index contributed by atoms with van der Waals surface area (Å²) in [7, 11) is -3.79. The van der Waals surface area contributed by atoms with Gasteiger partial charge >= 0.3 is 0 Å². The van der Waals surface area contributed by atoms with Crippen molar-refractivity contribution in [2.24, 2.45) is 10.6 Å². The van der Waals surface area contributed by atoms with Gasteiger partial charge in [0, 0.05) is 17.3 Å². The second kappa shape index (κ2) is 5.38. The first-order valence-corrected chi connectivity index (χ1v) is 7.61. The third-order valence-corrected chi connectivity index (χ3v) is 3.79. The molecule has 4 N–H and O–H groups in total. The number of hydrogen-bond acceptors (Lipinski definition) is 4. The van der Waals surface area contributed by atoms with Crippen LogP contribution in [-0.2, 0) is 10.0 Å². The zero-order valence-corrected chi connectivity index (χ0v) is 12.7. The Morgan fingerprint density at radius 1 is 1.26 bits per heavy atom. The van der Waals surface area contributed by atoms with Crippen molar-refractivity contribution in [3.05, 3.63) is 17.7 Å². The minimum Gasteiger partial charge on any atom is -0.493 e. The van der Waals surface area contributed by atoms with Gasteiger partial charge in [0.25, 0.3) is 0 Å². The molecule has 0 aliphatic heterocycles. The van der Waals surface area contributed by atoms with E-state index < -0.39 is 10.0 Å². The van der Waals surface area contributed by atoms with Crippen LogP contribution in [0.1, 0.15) is 32.8 Å². The van der Waals surface area contributed by atoms with E-state index >= 15 is 0 Å². The minimum atomic E-state index is -3.79. The molecule has 0 saturated carbocycles. The van der Waals surface area contributed by atoms with Gasteiger partial charge in [0.2, 0.25) is 10.0 Å². The first-order valence-electron chi connectivity index (χ1n) is 6.06. The van der Waals surface area contributed by atoms with Gasteiger partial charge in [-0.1, -0.05) is 20.8 Å². The first-order chi connectivity index (χ1) is 8.50. The molecule has 1 aromatic carbocycles. The van der Waals surface area contributed by atoms with E-state index in [-0.39, 0.29) is 10.3 Å². The molecule has 19 heavy (non-hydrogen) atoms. The van der Waals surface area contributed by atoms with Crippen LogP contribution in [0.15, 0.2) is 17.0 Å². The van der Waals surface area contributed by atoms with Gasteiger partial charge < -0.3 is 10.5 Å². The van der Waals surface area contributed by atoms with Crippen LogP contribution in [0.3, 0.4) is 0 Å². The molecule has 5 nitrogen and oxygen atoms in total. The van der Waals surface area contributed by atoms with E-state index in [1.807, 2.05) is 0 Å². The number of nitrogens with two attached hydrogens (primary N) is 2. The second-order valence-electron chi connectivity index (χ2n) is 5.85. The third kappa shape index (κ3) is 4.72. The van der Waals surface area contributed by atoms with Crippen molar-refractivity contribution in [2.75, 3.05) is 12.3 Å². The predicted molar refractivity (Wildman–Crippen MR) is 76.5 cm³/mol. The molecule has 6 heteroatoms. The Morgan fingerprint density at radius 2 is 1.84 bits per heavy atom. The highest BCUT2D eigenvalue weighted by Crippen LogP contribution is 2.29. The standard InChI is InChI=1S/C13H22N2O3S/c1-9-11(18-6-5-13(2,3)4)7-10(14)8-12(9)19(15,16)17/h7-8H,5-6,14H2,1-4H3,(H2,15,16,17). The maximum absolute atomic E-state index is 11.5. The lowest BCUT2D eigenvalue weighted by Gasteiger charge is -2.19. The lowest BCUT2D eigenvalue weighted by molar-refractivity contribution is 0.241. The van der Waals surface area contributed by atoms with Crippen molar-refractivity contribution in [2.45, 2.75) is 39.0 Å². The van der Waals surface area contributed by atoms with Crippen LogP contribution >= 0.6 is 0 Å². The van der Waals surface area contributed by atoms with E-state index in [0.29, 0.717) is 23.6 Å². The van der Waals surface area contributed by atoms with Crippen LogP contribution in [-0.4, -0.2) is 15.0 Å². The third-order valence-electron chi connectivity index (χ3n) is 2.75. The molecule has 0 aliphatic rings. The molecular weight excluding hydrogens is 264 g/mol. The molecule has 1 aromatic rings. The van der Waals surface area contributed by atoms with Gasteiger partial charge in [-0.15, -0.1) is 0 Å². The maximum atomic E-state index is 11.5. The summed E-state index contributed by atoms with van der Waals surface area (Å²) in [5.74, 6) is 0.466. The molecule has 0 fully saturated rings. The Labute approximate surface area is 115 Å². The maximum Gasteiger partial charge on any atom is 0.238 e. The quantitative estimate of drug-likeness (QED) is 0.828. The number of anilines is 1. The fourth-order valence-corrected chi connectivity index (χ4v) is 2.42. The van der Waals surface area contributed by atoms with Gasteiger partial charge in [0.05, 0.1) is 11.5 Å². The van der Waals surface area contributed by atoms with Crippen LogP contribution in [0.25, 0.3) is 0 Å². The summed E-state index contributed by atoms with van der Waals surface area (Å²) in [6.07, 6.45) is 0.853. The Bertz CT molecular complexity index is 560. The Hall–Kier alpha value is -1.27. The first kappa shape index (κ1) is 15.8. The molecule has 0 radical (unpaired) electrons.